The summed E-state index contributed by atoms with van der Waals surface area (Å²) in [5.74, 6) is -0.214. The highest BCUT2D eigenvalue weighted by Gasteiger charge is 2.12. The lowest BCUT2D eigenvalue weighted by atomic mass is 10.1. The van der Waals surface area contributed by atoms with Gasteiger partial charge in [0.05, 0.1) is 17.8 Å². The Kier molecular flexibility index (Phi) is 3.75. The number of aromatic nitrogens is 3. The molecule has 21 heavy (non-hydrogen) atoms. The number of carbonyl (C=O) groups excluding carboxylic acids is 1. The number of hydrogen-bond donors (Lipinski definition) is 1. The van der Waals surface area contributed by atoms with E-state index in [2.05, 4.69) is 20.3 Å². The zero-order valence-electron chi connectivity index (χ0n) is 11.0. The third-order valence-corrected chi connectivity index (χ3v) is 3.37. The lowest BCUT2D eigenvalue weighted by molar-refractivity contribution is 0.0951. The van der Waals surface area contributed by atoms with Crippen LogP contribution in [-0.4, -0.2) is 20.9 Å². The van der Waals surface area contributed by atoms with Crippen LogP contribution in [0.2, 0.25) is 5.15 Å². The maximum absolute atomic E-state index is 12.3. The van der Waals surface area contributed by atoms with Crippen LogP contribution in [0.15, 0.2) is 49.1 Å². The standard InChI is InChI=1S/C15H11ClN4O/c16-14-12-4-2-1-3-11(12)13(8-18-14)15(21)19-7-10-5-6-17-9-20-10/h1-6,8-9H,7H2,(H,19,21). The van der Waals surface area contributed by atoms with Gasteiger partial charge in [0.2, 0.25) is 0 Å². The molecule has 0 unspecified atom stereocenters. The molecular weight excluding hydrogens is 288 g/mol. The van der Waals surface area contributed by atoms with Crippen molar-refractivity contribution in [3.63, 3.8) is 0 Å². The molecular formula is C15H11ClN4O. The second-order valence-corrected chi connectivity index (χ2v) is 4.75. The summed E-state index contributed by atoms with van der Waals surface area (Å²) in [7, 11) is 0. The summed E-state index contributed by atoms with van der Waals surface area (Å²) in [6.07, 6.45) is 4.56. The van der Waals surface area contributed by atoms with Gasteiger partial charge in [-0.2, -0.15) is 0 Å². The lowest BCUT2D eigenvalue weighted by Gasteiger charge is -2.08. The third kappa shape index (κ3) is 2.83. The number of carbonyl (C=O) groups is 1. The van der Waals surface area contributed by atoms with Crippen molar-refractivity contribution < 1.29 is 4.79 Å². The largest absolute Gasteiger partial charge is 0.346 e. The van der Waals surface area contributed by atoms with Crippen LogP contribution in [0.25, 0.3) is 10.8 Å². The van der Waals surface area contributed by atoms with Gasteiger partial charge in [0.15, 0.2) is 0 Å². The molecule has 104 valence electrons. The van der Waals surface area contributed by atoms with Crippen LogP contribution in [0.5, 0.6) is 0 Å². The number of amides is 1. The second kappa shape index (κ2) is 5.85. The number of halogens is 1. The number of nitrogens with one attached hydrogen (secondary N) is 1. The van der Waals surface area contributed by atoms with E-state index in [0.717, 1.165) is 16.5 Å². The molecule has 5 nitrogen and oxygen atoms in total. The predicted octanol–water partition coefficient (Wildman–Crippen LogP) is 2.61. The van der Waals surface area contributed by atoms with E-state index in [4.69, 9.17) is 11.6 Å². The number of benzene rings is 1. The molecule has 0 bridgehead atoms. The summed E-state index contributed by atoms with van der Waals surface area (Å²) in [6, 6.07) is 9.16. The van der Waals surface area contributed by atoms with Crippen molar-refractivity contribution >= 4 is 28.3 Å². The van der Waals surface area contributed by atoms with Crippen LogP contribution in [0.4, 0.5) is 0 Å². The first-order valence-electron chi connectivity index (χ1n) is 6.32. The Morgan fingerprint density at radius 1 is 1.14 bits per heavy atom. The predicted molar refractivity (Wildman–Crippen MR) is 80.0 cm³/mol. The van der Waals surface area contributed by atoms with Gasteiger partial charge in [0.1, 0.15) is 11.5 Å². The van der Waals surface area contributed by atoms with Crippen molar-refractivity contribution in [2.75, 3.05) is 0 Å². The Morgan fingerprint density at radius 2 is 1.95 bits per heavy atom. The van der Waals surface area contributed by atoms with Gasteiger partial charge in [-0.05, 0) is 11.5 Å². The molecule has 0 saturated carbocycles. The highest BCUT2D eigenvalue weighted by atomic mass is 35.5. The molecule has 0 radical (unpaired) electrons. The minimum Gasteiger partial charge on any atom is -0.346 e. The van der Waals surface area contributed by atoms with E-state index < -0.39 is 0 Å². The van der Waals surface area contributed by atoms with Crippen LogP contribution < -0.4 is 5.32 Å². The molecule has 0 aliphatic carbocycles. The average Bonchev–Trinajstić information content (AvgIpc) is 2.54. The van der Waals surface area contributed by atoms with E-state index in [1.807, 2.05) is 24.3 Å². The summed E-state index contributed by atoms with van der Waals surface area (Å²) in [6.45, 7) is 0.332. The fraction of sp³-hybridized carbons (Fsp3) is 0.0667. The van der Waals surface area contributed by atoms with Gasteiger partial charge >= 0.3 is 0 Å². The zero-order valence-corrected chi connectivity index (χ0v) is 11.7. The number of rotatable bonds is 3. The smallest absolute Gasteiger partial charge is 0.253 e. The first-order chi connectivity index (χ1) is 10.3. The quantitative estimate of drug-likeness (QED) is 0.755. The molecule has 3 rings (SSSR count). The average molecular weight is 299 g/mol. The number of hydrogen-bond acceptors (Lipinski definition) is 4. The van der Waals surface area contributed by atoms with E-state index in [0.29, 0.717) is 17.3 Å². The fourth-order valence-electron chi connectivity index (χ4n) is 2.03. The van der Waals surface area contributed by atoms with Gasteiger partial charge in [-0.3, -0.25) is 4.79 Å². The summed E-state index contributed by atoms with van der Waals surface area (Å²) in [5, 5.41) is 4.74. The minimum absolute atomic E-state index is 0.214. The van der Waals surface area contributed by atoms with Crippen LogP contribution in [-0.2, 0) is 6.54 Å². The Hall–Kier alpha value is -2.53. The van der Waals surface area contributed by atoms with E-state index in [1.165, 1.54) is 12.5 Å². The van der Waals surface area contributed by atoms with E-state index in [9.17, 15) is 4.79 Å². The molecule has 0 saturated heterocycles. The lowest BCUT2D eigenvalue weighted by Crippen LogP contribution is -2.23. The first-order valence-corrected chi connectivity index (χ1v) is 6.70. The molecule has 6 heteroatoms. The maximum Gasteiger partial charge on any atom is 0.253 e. The molecule has 3 aromatic rings. The molecule has 0 fully saturated rings. The van der Waals surface area contributed by atoms with Gasteiger partial charge in [-0.1, -0.05) is 35.9 Å². The van der Waals surface area contributed by atoms with E-state index in [-0.39, 0.29) is 5.91 Å². The summed E-state index contributed by atoms with van der Waals surface area (Å²) in [5.41, 5.74) is 1.23. The fourth-order valence-corrected chi connectivity index (χ4v) is 2.24. The molecule has 1 N–H and O–H groups in total. The van der Waals surface area contributed by atoms with E-state index in [1.54, 1.807) is 12.3 Å². The Labute approximate surface area is 126 Å². The number of pyridine rings is 1. The monoisotopic (exact) mass is 298 g/mol. The normalized spacial score (nSPS) is 10.5. The van der Waals surface area contributed by atoms with Gasteiger partial charge < -0.3 is 5.32 Å². The molecule has 0 spiro atoms. The zero-order chi connectivity index (χ0) is 14.7. The van der Waals surface area contributed by atoms with Gasteiger partial charge in [0, 0.05) is 17.8 Å². The first kappa shape index (κ1) is 13.5. The van der Waals surface area contributed by atoms with Crippen molar-refractivity contribution in [3.8, 4) is 0 Å². The second-order valence-electron chi connectivity index (χ2n) is 4.39. The van der Waals surface area contributed by atoms with E-state index >= 15 is 0 Å². The molecule has 0 aliphatic rings. The van der Waals surface area contributed by atoms with Crippen LogP contribution in [0, 0.1) is 0 Å². The maximum atomic E-state index is 12.3. The SMILES string of the molecule is O=C(NCc1ccncn1)c1cnc(Cl)c2ccccc12. The minimum atomic E-state index is -0.214. The molecule has 2 aromatic heterocycles. The van der Waals surface area contributed by atoms with Crippen molar-refractivity contribution in [2.45, 2.75) is 6.54 Å². The number of nitrogens with zero attached hydrogens (tertiary/aromatic N) is 3. The van der Waals surface area contributed by atoms with Gasteiger partial charge in [-0.15, -0.1) is 0 Å². The highest BCUT2D eigenvalue weighted by molar-refractivity contribution is 6.34. The Bertz CT molecular complexity index is 792. The van der Waals surface area contributed by atoms with Gasteiger partial charge in [-0.25, -0.2) is 15.0 Å². The van der Waals surface area contributed by atoms with Gasteiger partial charge in [0.25, 0.3) is 5.91 Å². The van der Waals surface area contributed by atoms with Crippen molar-refractivity contribution in [3.05, 3.63) is 65.5 Å². The molecule has 0 aliphatic heterocycles. The van der Waals surface area contributed by atoms with Crippen molar-refractivity contribution in [1.29, 1.82) is 0 Å². The van der Waals surface area contributed by atoms with Crippen LogP contribution >= 0.6 is 11.6 Å². The Morgan fingerprint density at radius 3 is 2.71 bits per heavy atom. The topological polar surface area (TPSA) is 67.8 Å². The highest BCUT2D eigenvalue weighted by Crippen LogP contribution is 2.24. The van der Waals surface area contributed by atoms with Crippen LogP contribution in [0.3, 0.4) is 0 Å². The molecule has 1 aromatic carbocycles. The molecule has 2 heterocycles. The summed E-state index contributed by atoms with van der Waals surface area (Å²) < 4.78 is 0. The van der Waals surface area contributed by atoms with Crippen molar-refractivity contribution in [1.82, 2.24) is 20.3 Å². The number of fused-ring (bicyclic) bond motifs is 1. The summed E-state index contributed by atoms with van der Waals surface area (Å²) in [4.78, 5) is 24.3. The van der Waals surface area contributed by atoms with Crippen molar-refractivity contribution in [2.24, 2.45) is 0 Å². The molecule has 0 atom stereocenters. The Balaban J connectivity index is 1.87. The molecule has 1 amide bonds. The summed E-state index contributed by atoms with van der Waals surface area (Å²) >= 11 is 6.05. The van der Waals surface area contributed by atoms with Crippen LogP contribution in [0.1, 0.15) is 16.1 Å². The third-order valence-electron chi connectivity index (χ3n) is 3.06.